The van der Waals surface area contributed by atoms with Crippen molar-refractivity contribution in [2.45, 2.75) is 39.3 Å². The van der Waals surface area contributed by atoms with E-state index in [1.165, 1.54) is 0 Å². The van der Waals surface area contributed by atoms with Crippen LogP contribution in [0, 0.1) is 5.92 Å². The molecule has 1 rings (SSSR count). The van der Waals surface area contributed by atoms with Crippen molar-refractivity contribution in [3.8, 4) is 0 Å². The molecule has 8 nitrogen and oxygen atoms in total. The van der Waals surface area contributed by atoms with Crippen LogP contribution >= 0.6 is 0 Å². The molecule has 120 valence electrons. The Morgan fingerprint density at radius 3 is 2.38 bits per heavy atom. The number of esters is 1. The van der Waals surface area contributed by atoms with Gasteiger partial charge in [0.2, 0.25) is 0 Å². The summed E-state index contributed by atoms with van der Waals surface area (Å²) in [5.74, 6) is -1.25. The first kappa shape index (κ1) is 17.2. The number of hydrogen-bond donors (Lipinski definition) is 2. The van der Waals surface area contributed by atoms with Crippen molar-refractivity contribution >= 4 is 18.2 Å². The molecule has 0 aromatic rings. The van der Waals surface area contributed by atoms with E-state index in [4.69, 9.17) is 9.47 Å². The summed E-state index contributed by atoms with van der Waals surface area (Å²) in [7, 11) is 0. The maximum absolute atomic E-state index is 12.1. The van der Waals surface area contributed by atoms with E-state index in [0.29, 0.717) is 4.90 Å². The van der Waals surface area contributed by atoms with Gasteiger partial charge >= 0.3 is 18.2 Å². The van der Waals surface area contributed by atoms with Crippen LogP contribution < -0.4 is 5.32 Å². The summed E-state index contributed by atoms with van der Waals surface area (Å²) >= 11 is 0. The van der Waals surface area contributed by atoms with Crippen molar-refractivity contribution in [3.63, 3.8) is 0 Å². The summed E-state index contributed by atoms with van der Waals surface area (Å²) < 4.78 is 10.0. The van der Waals surface area contributed by atoms with Gasteiger partial charge in [-0.2, -0.15) is 0 Å². The Balaban J connectivity index is 2.91. The summed E-state index contributed by atoms with van der Waals surface area (Å²) in [6.45, 7) is 7.23. The minimum Gasteiger partial charge on any atom is -0.466 e. The van der Waals surface area contributed by atoms with E-state index in [1.807, 2.05) is 0 Å². The number of hydrogen-bond acceptors (Lipinski definition) is 6. The van der Waals surface area contributed by atoms with Crippen LogP contribution in [0.5, 0.6) is 0 Å². The van der Waals surface area contributed by atoms with Gasteiger partial charge < -0.3 is 19.9 Å². The molecule has 0 radical (unpaired) electrons. The first-order valence-electron chi connectivity index (χ1n) is 6.80. The molecule has 2 amide bonds. The highest BCUT2D eigenvalue weighted by atomic mass is 16.6. The highest BCUT2D eigenvalue weighted by Gasteiger charge is 2.44. The molecular formula is C13H22N2O6. The highest BCUT2D eigenvalue weighted by molar-refractivity contribution is 5.88. The number of rotatable bonds is 3. The van der Waals surface area contributed by atoms with Crippen LogP contribution in [0.25, 0.3) is 0 Å². The number of imide groups is 1. The van der Waals surface area contributed by atoms with Crippen LogP contribution in [-0.4, -0.2) is 59.5 Å². The molecule has 1 aliphatic heterocycles. The van der Waals surface area contributed by atoms with E-state index < -0.39 is 35.7 Å². The molecule has 2 N–H and O–H groups in total. The summed E-state index contributed by atoms with van der Waals surface area (Å²) in [4.78, 5) is 35.9. The van der Waals surface area contributed by atoms with Crippen molar-refractivity contribution < 1.29 is 29.0 Å². The average molecular weight is 302 g/mol. The zero-order valence-corrected chi connectivity index (χ0v) is 12.7. The van der Waals surface area contributed by atoms with Gasteiger partial charge in [-0.3, -0.25) is 4.79 Å². The number of ether oxygens (including phenoxy) is 2. The highest BCUT2D eigenvalue weighted by Crippen LogP contribution is 2.21. The molecule has 8 heteroatoms. The summed E-state index contributed by atoms with van der Waals surface area (Å²) in [5.41, 5.74) is -0.823. The first-order chi connectivity index (χ1) is 9.67. The lowest BCUT2D eigenvalue weighted by Gasteiger charge is -2.29. The quantitative estimate of drug-likeness (QED) is 0.751. The van der Waals surface area contributed by atoms with Gasteiger partial charge in [0.05, 0.1) is 18.6 Å². The zero-order valence-electron chi connectivity index (χ0n) is 12.7. The summed E-state index contributed by atoms with van der Waals surface area (Å²) in [5, 5.41) is 12.2. The van der Waals surface area contributed by atoms with E-state index >= 15 is 0 Å². The van der Waals surface area contributed by atoms with Gasteiger partial charge in [0.1, 0.15) is 5.60 Å². The Morgan fingerprint density at radius 1 is 1.29 bits per heavy atom. The van der Waals surface area contributed by atoms with Crippen LogP contribution in [-0.2, 0) is 14.3 Å². The van der Waals surface area contributed by atoms with Crippen LogP contribution in [0.4, 0.5) is 9.59 Å². The number of carbonyl (C=O) groups is 3. The summed E-state index contributed by atoms with van der Waals surface area (Å²) in [6.07, 6.45) is -2.44. The molecule has 1 fully saturated rings. The second-order valence-corrected chi connectivity index (χ2v) is 5.72. The second-order valence-electron chi connectivity index (χ2n) is 5.72. The topological polar surface area (TPSA) is 105 Å². The molecule has 1 aliphatic rings. The van der Waals surface area contributed by atoms with Gasteiger partial charge in [0.15, 0.2) is 0 Å². The maximum atomic E-state index is 12.1. The van der Waals surface area contributed by atoms with Gasteiger partial charge in [-0.1, -0.05) is 0 Å². The van der Waals surface area contributed by atoms with E-state index in [2.05, 4.69) is 5.32 Å². The number of amides is 2. The largest absolute Gasteiger partial charge is 0.466 e. The Morgan fingerprint density at radius 2 is 1.90 bits per heavy atom. The summed E-state index contributed by atoms with van der Waals surface area (Å²) in [6, 6.07) is -0.837. The monoisotopic (exact) mass is 302 g/mol. The molecule has 1 heterocycles. The molecule has 0 aromatic carbocycles. The Bertz CT molecular complexity index is 417. The average Bonchev–Trinajstić information content (AvgIpc) is 2.75. The van der Waals surface area contributed by atoms with E-state index in [1.54, 1.807) is 27.7 Å². The van der Waals surface area contributed by atoms with Crippen LogP contribution in [0.2, 0.25) is 0 Å². The fraction of sp³-hybridized carbons (Fsp3) is 0.769. The van der Waals surface area contributed by atoms with Gasteiger partial charge in [-0.25, -0.2) is 14.5 Å². The number of carbonyl (C=O) groups excluding carboxylic acids is 2. The molecule has 0 aliphatic carbocycles. The van der Waals surface area contributed by atoms with Crippen LogP contribution in [0.1, 0.15) is 27.7 Å². The van der Waals surface area contributed by atoms with Crippen molar-refractivity contribution in [2.75, 3.05) is 19.7 Å². The first-order valence-corrected chi connectivity index (χ1v) is 6.80. The van der Waals surface area contributed by atoms with Crippen LogP contribution in [0.15, 0.2) is 0 Å². The number of nitrogens with zero attached hydrogens (tertiary/aromatic N) is 1. The van der Waals surface area contributed by atoms with Gasteiger partial charge in [-0.15, -0.1) is 0 Å². The molecule has 2 unspecified atom stereocenters. The SMILES string of the molecule is CCOC(=O)C1CNCC1N(C(=O)O)C(=O)OC(C)(C)C. The van der Waals surface area contributed by atoms with E-state index in [-0.39, 0.29) is 19.7 Å². The number of carboxylic acid groups (broad SMARTS) is 1. The van der Waals surface area contributed by atoms with Crippen molar-refractivity contribution in [1.82, 2.24) is 10.2 Å². The zero-order chi connectivity index (χ0) is 16.2. The molecule has 0 saturated carbocycles. The second kappa shape index (κ2) is 6.75. The molecule has 1 saturated heterocycles. The smallest absolute Gasteiger partial charge is 0.420 e. The van der Waals surface area contributed by atoms with E-state index in [9.17, 15) is 19.5 Å². The predicted molar refractivity (Wildman–Crippen MR) is 72.9 cm³/mol. The third-order valence-electron chi connectivity index (χ3n) is 2.90. The van der Waals surface area contributed by atoms with Crippen molar-refractivity contribution in [3.05, 3.63) is 0 Å². The van der Waals surface area contributed by atoms with Gasteiger partial charge in [0.25, 0.3) is 0 Å². The molecule has 21 heavy (non-hydrogen) atoms. The fourth-order valence-electron chi connectivity index (χ4n) is 2.09. The lowest BCUT2D eigenvalue weighted by atomic mass is 10.0. The van der Waals surface area contributed by atoms with E-state index in [0.717, 1.165) is 0 Å². The maximum Gasteiger partial charge on any atom is 0.420 e. The predicted octanol–water partition coefficient (Wildman–Crippen LogP) is 1.05. The molecular weight excluding hydrogens is 280 g/mol. The standard InChI is InChI=1S/C13H22N2O6/c1-5-20-10(16)8-6-14-7-9(8)15(11(17)18)12(19)21-13(2,3)4/h8-9,14H,5-7H2,1-4H3,(H,17,18). The van der Waals surface area contributed by atoms with Crippen molar-refractivity contribution in [1.29, 1.82) is 0 Å². The lowest BCUT2D eigenvalue weighted by Crippen LogP contribution is -2.51. The normalized spacial score (nSPS) is 21.7. The molecule has 2 atom stereocenters. The minimum atomic E-state index is -1.45. The van der Waals surface area contributed by atoms with Gasteiger partial charge in [-0.05, 0) is 27.7 Å². The van der Waals surface area contributed by atoms with Crippen LogP contribution in [0.3, 0.4) is 0 Å². The van der Waals surface area contributed by atoms with Gasteiger partial charge in [0, 0.05) is 13.1 Å². The lowest BCUT2D eigenvalue weighted by molar-refractivity contribution is -0.148. The Kier molecular flexibility index (Phi) is 5.54. The number of nitrogens with one attached hydrogen (secondary N) is 1. The third kappa shape index (κ3) is 4.59. The molecule has 0 aromatic heterocycles. The Hall–Kier alpha value is -1.83. The Labute approximate surface area is 123 Å². The molecule has 0 spiro atoms. The van der Waals surface area contributed by atoms with Crippen molar-refractivity contribution in [2.24, 2.45) is 5.92 Å². The molecule has 0 bridgehead atoms. The fourth-order valence-corrected chi connectivity index (χ4v) is 2.09. The third-order valence-corrected chi connectivity index (χ3v) is 2.90. The minimum absolute atomic E-state index is 0.190.